The highest BCUT2D eigenvalue weighted by atomic mass is 32.1. The number of thiophene rings is 1. The molecule has 3 aromatic rings. The van der Waals surface area contributed by atoms with Crippen LogP contribution in [0.3, 0.4) is 0 Å². The van der Waals surface area contributed by atoms with E-state index in [-0.39, 0.29) is 6.61 Å². The van der Waals surface area contributed by atoms with E-state index < -0.39 is 0 Å². The van der Waals surface area contributed by atoms with Crippen LogP contribution < -0.4 is 4.90 Å². The van der Waals surface area contributed by atoms with Crippen LogP contribution in [0.4, 0.5) is 5.82 Å². The summed E-state index contributed by atoms with van der Waals surface area (Å²) in [5.41, 5.74) is 2.43. The summed E-state index contributed by atoms with van der Waals surface area (Å²) in [5, 5.41) is 10.8. The Kier molecular flexibility index (Phi) is 4.53. The highest BCUT2D eigenvalue weighted by Gasteiger charge is 2.29. The highest BCUT2D eigenvalue weighted by Crippen LogP contribution is 2.42. The maximum absolute atomic E-state index is 9.58. The summed E-state index contributed by atoms with van der Waals surface area (Å²) in [6, 6.07) is 4.33. The van der Waals surface area contributed by atoms with E-state index in [9.17, 15) is 5.11 Å². The summed E-state index contributed by atoms with van der Waals surface area (Å²) in [6.45, 7) is 1.24. The van der Waals surface area contributed by atoms with Crippen LogP contribution in [-0.2, 0) is 12.8 Å². The average Bonchev–Trinajstić information content (AvgIpc) is 3.30. The third-order valence-corrected chi connectivity index (χ3v) is 7.01. The number of nitrogens with zero attached hydrogens (tertiary/aromatic N) is 4. The summed E-state index contributed by atoms with van der Waals surface area (Å²) in [4.78, 5) is 19.3. The molecule has 27 heavy (non-hydrogen) atoms. The monoisotopic (exact) mass is 380 g/mol. The topological polar surface area (TPSA) is 62.1 Å². The molecule has 0 aromatic carbocycles. The third kappa shape index (κ3) is 3.01. The molecular weight excluding hydrogens is 356 g/mol. The van der Waals surface area contributed by atoms with Gasteiger partial charge in [0.1, 0.15) is 10.6 Å². The predicted molar refractivity (Wildman–Crippen MR) is 109 cm³/mol. The van der Waals surface area contributed by atoms with Crippen LogP contribution in [0, 0.1) is 0 Å². The first-order chi connectivity index (χ1) is 13.3. The van der Waals surface area contributed by atoms with Crippen LogP contribution in [0.25, 0.3) is 21.6 Å². The van der Waals surface area contributed by atoms with Crippen LogP contribution >= 0.6 is 11.3 Å². The molecule has 0 radical (unpaired) electrons. The van der Waals surface area contributed by atoms with Crippen molar-refractivity contribution in [1.82, 2.24) is 15.0 Å². The van der Waals surface area contributed by atoms with E-state index >= 15 is 0 Å². The molecule has 4 heterocycles. The molecule has 1 fully saturated rings. The van der Waals surface area contributed by atoms with Crippen LogP contribution in [0.2, 0.25) is 0 Å². The van der Waals surface area contributed by atoms with Gasteiger partial charge >= 0.3 is 0 Å². The van der Waals surface area contributed by atoms with Gasteiger partial charge in [-0.15, -0.1) is 11.3 Å². The van der Waals surface area contributed by atoms with Gasteiger partial charge in [-0.3, -0.25) is 4.98 Å². The number of pyridine rings is 1. The lowest BCUT2D eigenvalue weighted by Crippen LogP contribution is -2.41. The summed E-state index contributed by atoms with van der Waals surface area (Å²) in [5.74, 6) is 1.84. The Morgan fingerprint density at radius 1 is 1.19 bits per heavy atom. The standard InChI is InChI=1S/C21H24N4OS/c26-12-9-15-6-1-2-11-25(15)20-18-16-7-3-8-17(16)27-21(18)24-19(23-20)14-5-4-10-22-13-14/h4-5,10,13,15,26H,1-3,6-9,11-12H2. The number of piperidine rings is 1. The molecule has 0 bridgehead atoms. The number of rotatable bonds is 4. The van der Waals surface area contributed by atoms with Crippen molar-refractivity contribution >= 4 is 27.4 Å². The van der Waals surface area contributed by atoms with Crippen molar-refractivity contribution in [3.8, 4) is 11.4 Å². The molecule has 140 valence electrons. The first-order valence-corrected chi connectivity index (χ1v) is 10.8. The van der Waals surface area contributed by atoms with E-state index in [0.717, 1.165) is 54.3 Å². The summed E-state index contributed by atoms with van der Waals surface area (Å²) in [6.07, 6.45) is 11.5. The molecule has 1 saturated heterocycles. The van der Waals surface area contributed by atoms with E-state index in [1.807, 2.05) is 29.7 Å². The fraction of sp³-hybridized carbons (Fsp3) is 0.476. The lowest BCUT2D eigenvalue weighted by molar-refractivity contribution is 0.262. The largest absolute Gasteiger partial charge is 0.396 e. The normalized spacial score (nSPS) is 19.6. The molecule has 1 aliphatic carbocycles. The van der Waals surface area contributed by atoms with Gasteiger partial charge in [0.05, 0.1) is 5.39 Å². The molecule has 5 rings (SSSR count). The minimum atomic E-state index is 0.229. The first kappa shape index (κ1) is 17.1. The second-order valence-electron chi connectivity index (χ2n) is 7.51. The molecule has 1 atom stereocenters. The van der Waals surface area contributed by atoms with Gasteiger partial charge in [-0.25, -0.2) is 9.97 Å². The van der Waals surface area contributed by atoms with Crippen molar-refractivity contribution < 1.29 is 5.11 Å². The van der Waals surface area contributed by atoms with Crippen LogP contribution in [-0.4, -0.2) is 39.3 Å². The van der Waals surface area contributed by atoms with E-state index in [2.05, 4.69) is 9.88 Å². The van der Waals surface area contributed by atoms with E-state index in [0.29, 0.717) is 6.04 Å². The van der Waals surface area contributed by atoms with Crippen molar-refractivity contribution in [1.29, 1.82) is 0 Å². The van der Waals surface area contributed by atoms with Gasteiger partial charge in [-0.2, -0.15) is 0 Å². The van der Waals surface area contributed by atoms with E-state index in [1.165, 1.54) is 35.1 Å². The van der Waals surface area contributed by atoms with Gasteiger partial charge in [0.2, 0.25) is 0 Å². The van der Waals surface area contributed by atoms with Crippen molar-refractivity contribution in [3.63, 3.8) is 0 Å². The smallest absolute Gasteiger partial charge is 0.164 e. The number of anilines is 1. The molecule has 1 aliphatic heterocycles. The van der Waals surface area contributed by atoms with Crippen molar-refractivity contribution in [2.24, 2.45) is 0 Å². The summed E-state index contributed by atoms with van der Waals surface area (Å²) >= 11 is 1.84. The highest BCUT2D eigenvalue weighted by molar-refractivity contribution is 7.19. The molecule has 1 N–H and O–H groups in total. The number of fused-ring (bicyclic) bond motifs is 3. The number of aliphatic hydroxyl groups excluding tert-OH is 1. The van der Waals surface area contributed by atoms with Gasteiger partial charge in [0, 0.05) is 42.0 Å². The van der Waals surface area contributed by atoms with Gasteiger partial charge in [-0.05, 0) is 62.6 Å². The van der Waals surface area contributed by atoms with Crippen LogP contribution in [0.15, 0.2) is 24.5 Å². The number of hydrogen-bond acceptors (Lipinski definition) is 6. The maximum atomic E-state index is 9.58. The molecule has 6 heteroatoms. The molecule has 5 nitrogen and oxygen atoms in total. The minimum absolute atomic E-state index is 0.229. The lowest BCUT2D eigenvalue weighted by Gasteiger charge is -2.37. The molecule has 3 aromatic heterocycles. The van der Waals surface area contributed by atoms with Crippen molar-refractivity contribution in [2.75, 3.05) is 18.1 Å². The zero-order valence-electron chi connectivity index (χ0n) is 15.4. The lowest BCUT2D eigenvalue weighted by atomic mass is 9.99. The van der Waals surface area contributed by atoms with E-state index in [4.69, 9.17) is 9.97 Å². The molecule has 2 aliphatic rings. The molecule has 0 spiro atoms. The fourth-order valence-electron chi connectivity index (χ4n) is 4.54. The number of hydrogen-bond donors (Lipinski definition) is 1. The molecular formula is C21H24N4OS. The van der Waals surface area contributed by atoms with E-state index in [1.54, 1.807) is 6.20 Å². The minimum Gasteiger partial charge on any atom is -0.396 e. The van der Waals surface area contributed by atoms with Crippen LogP contribution in [0.5, 0.6) is 0 Å². The Labute approximate surface area is 163 Å². The van der Waals surface area contributed by atoms with Gasteiger partial charge in [0.15, 0.2) is 5.82 Å². The Morgan fingerprint density at radius 3 is 3.00 bits per heavy atom. The second-order valence-corrected chi connectivity index (χ2v) is 8.59. The first-order valence-electron chi connectivity index (χ1n) is 9.95. The predicted octanol–water partition coefficient (Wildman–Crippen LogP) is 3.98. The third-order valence-electron chi connectivity index (χ3n) is 5.83. The quantitative estimate of drug-likeness (QED) is 0.742. The Morgan fingerprint density at radius 2 is 2.15 bits per heavy atom. The maximum Gasteiger partial charge on any atom is 0.164 e. The molecule has 1 unspecified atom stereocenters. The second kappa shape index (κ2) is 7.17. The Bertz CT molecular complexity index is 954. The Hall–Kier alpha value is -2.05. The number of aryl methyl sites for hydroxylation is 2. The van der Waals surface area contributed by atoms with Gasteiger partial charge in [-0.1, -0.05) is 0 Å². The number of aliphatic hydroxyl groups is 1. The zero-order valence-corrected chi connectivity index (χ0v) is 16.2. The van der Waals surface area contributed by atoms with Crippen molar-refractivity contribution in [3.05, 3.63) is 35.0 Å². The van der Waals surface area contributed by atoms with Gasteiger partial charge in [0.25, 0.3) is 0 Å². The van der Waals surface area contributed by atoms with Gasteiger partial charge < -0.3 is 10.0 Å². The fourth-order valence-corrected chi connectivity index (χ4v) is 5.79. The molecule has 0 amide bonds. The zero-order chi connectivity index (χ0) is 18.2. The van der Waals surface area contributed by atoms with Crippen LogP contribution in [0.1, 0.15) is 42.5 Å². The Balaban J connectivity index is 1.70. The van der Waals surface area contributed by atoms with Crippen molar-refractivity contribution in [2.45, 2.75) is 51.0 Å². The summed E-state index contributed by atoms with van der Waals surface area (Å²) < 4.78 is 0. The number of aromatic nitrogens is 3. The average molecular weight is 381 g/mol. The summed E-state index contributed by atoms with van der Waals surface area (Å²) in [7, 11) is 0. The molecule has 0 saturated carbocycles. The SMILES string of the molecule is OCCC1CCCCN1c1nc(-c2cccnc2)nc2sc3c(c12)CCC3.